The molecule has 0 aromatic heterocycles. The van der Waals surface area contributed by atoms with Crippen molar-refractivity contribution in [2.24, 2.45) is 0 Å². The molecule has 3 N–H and O–H groups in total. The molecule has 1 amide bonds. The predicted octanol–water partition coefficient (Wildman–Crippen LogP) is 15.6. The van der Waals surface area contributed by atoms with Gasteiger partial charge in [-0.25, -0.2) is 4.57 Å². The molecule has 66 heavy (non-hydrogen) atoms. The van der Waals surface area contributed by atoms with Crippen molar-refractivity contribution in [3.63, 3.8) is 0 Å². The minimum Gasteiger partial charge on any atom is -0.387 e. The standard InChI is InChI=1S/C57H99N2O6P/c1-6-8-10-12-14-16-17-18-19-20-21-22-23-24-25-26-27-28-29-30-31-32-33-34-35-36-37-38-39-40-41-43-45-47-49-51-57(61)58-55(54-65-66(62,63)64-53-52-59(3,4)5)56(60)50-48-46-44-42-15-13-11-9-7-2/h8,10,14-16,18-19,21-22,24-25,27-28,30-31,42,48,50,55-56,60H,6-7,9,11-13,17,20,23,26,29,32-41,43-47,49,51-54H2,1-5H3,(H-,58,61,62,63)/p+1/b10-8-,16-14-,19-18-,22-21-,25-24-,28-27-,31-30-,42-15+,50-48+. The highest BCUT2D eigenvalue weighted by molar-refractivity contribution is 7.47. The quantitative estimate of drug-likeness (QED) is 0.0243. The van der Waals surface area contributed by atoms with Crippen LogP contribution in [0.2, 0.25) is 0 Å². The van der Waals surface area contributed by atoms with Gasteiger partial charge in [0.25, 0.3) is 0 Å². The molecule has 3 atom stereocenters. The number of unbranched alkanes of at least 4 members (excludes halogenated alkanes) is 17. The lowest BCUT2D eigenvalue weighted by molar-refractivity contribution is -0.870. The van der Waals surface area contributed by atoms with Crippen LogP contribution >= 0.6 is 7.82 Å². The molecule has 9 heteroatoms. The molecule has 0 spiro atoms. The van der Waals surface area contributed by atoms with Crippen molar-refractivity contribution in [3.8, 4) is 0 Å². The van der Waals surface area contributed by atoms with E-state index < -0.39 is 20.0 Å². The topological polar surface area (TPSA) is 105 Å². The van der Waals surface area contributed by atoms with E-state index in [4.69, 9.17) is 9.05 Å². The summed E-state index contributed by atoms with van der Waals surface area (Å²) < 4.78 is 23.5. The van der Waals surface area contributed by atoms with Crippen LogP contribution in [0.15, 0.2) is 109 Å². The van der Waals surface area contributed by atoms with Crippen LogP contribution < -0.4 is 5.32 Å². The van der Waals surface area contributed by atoms with Crippen molar-refractivity contribution in [1.29, 1.82) is 0 Å². The van der Waals surface area contributed by atoms with Gasteiger partial charge < -0.3 is 19.8 Å². The van der Waals surface area contributed by atoms with Crippen molar-refractivity contribution >= 4 is 13.7 Å². The van der Waals surface area contributed by atoms with E-state index in [1.165, 1.54) is 89.9 Å². The molecule has 0 aromatic carbocycles. The van der Waals surface area contributed by atoms with Gasteiger partial charge in [-0.05, 0) is 89.9 Å². The molecule has 0 aliphatic rings. The van der Waals surface area contributed by atoms with E-state index in [2.05, 4.69) is 116 Å². The molecule has 0 saturated heterocycles. The normalized spacial score (nSPS) is 15.0. The number of hydrogen-bond acceptors (Lipinski definition) is 5. The molecule has 378 valence electrons. The zero-order chi connectivity index (χ0) is 48.5. The number of phosphoric ester groups is 1. The van der Waals surface area contributed by atoms with E-state index in [0.717, 1.165) is 83.5 Å². The summed E-state index contributed by atoms with van der Waals surface area (Å²) in [5, 5.41) is 13.8. The zero-order valence-corrected chi connectivity index (χ0v) is 43.8. The first-order valence-electron chi connectivity index (χ1n) is 26.3. The summed E-state index contributed by atoms with van der Waals surface area (Å²) in [6.07, 6.45) is 69.2. The van der Waals surface area contributed by atoms with Crippen LogP contribution in [0.1, 0.15) is 194 Å². The third kappa shape index (κ3) is 49.1. The van der Waals surface area contributed by atoms with Crippen LogP contribution in [0.25, 0.3) is 0 Å². The Hall–Kier alpha value is -2.84. The van der Waals surface area contributed by atoms with Gasteiger partial charge in [0.15, 0.2) is 0 Å². The number of phosphoric acid groups is 1. The molecule has 0 radical (unpaired) electrons. The molecule has 0 saturated carbocycles. The summed E-state index contributed by atoms with van der Waals surface area (Å²) in [6.45, 7) is 4.60. The zero-order valence-electron chi connectivity index (χ0n) is 42.9. The Morgan fingerprint density at radius 2 is 0.924 bits per heavy atom. The average Bonchev–Trinajstić information content (AvgIpc) is 3.28. The van der Waals surface area contributed by atoms with E-state index in [1.807, 2.05) is 27.2 Å². The molecule has 0 fully saturated rings. The van der Waals surface area contributed by atoms with Gasteiger partial charge in [-0.2, -0.15) is 0 Å². The maximum atomic E-state index is 12.9. The van der Waals surface area contributed by atoms with Crippen molar-refractivity contribution in [3.05, 3.63) is 109 Å². The Morgan fingerprint density at radius 1 is 0.530 bits per heavy atom. The fourth-order valence-corrected chi connectivity index (χ4v) is 7.60. The summed E-state index contributed by atoms with van der Waals surface area (Å²) in [5.41, 5.74) is 0. The number of aliphatic hydroxyl groups excluding tert-OH is 1. The minimum atomic E-state index is -4.35. The second kappa shape index (κ2) is 47.2. The highest BCUT2D eigenvalue weighted by Crippen LogP contribution is 2.43. The van der Waals surface area contributed by atoms with Gasteiger partial charge in [0, 0.05) is 6.42 Å². The molecular formula is C57H100N2O6P+. The van der Waals surface area contributed by atoms with E-state index >= 15 is 0 Å². The number of nitrogens with zero attached hydrogens (tertiary/aromatic N) is 1. The summed E-state index contributed by atoms with van der Waals surface area (Å²) >= 11 is 0. The van der Waals surface area contributed by atoms with Crippen LogP contribution in [-0.2, 0) is 18.4 Å². The molecule has 3 unspecified atom stereocenters. The Morgan fingerprint density at radius 3 is 1.39 bits per heavy atom. The van der Waals surface area contributed by atoms with Crippen LogP contribution in [0.4, 0.5) is 0 Å². The lowest BCUT2D eigenvalue weighted by Crippen LogP contribution is -2.45. The second-order valence-corrected chi connectivity index (χ2v) is 20.0. The molecular weight excluding hydrogens is 840 g/mol. The Bertz CT molecular complexity index is 1440. The average molecular weight is 940 g/mol. The summed E-state index contributed by atoms with van der Waals surface area (Å²) in [7, 11) is 1.54. The minimum absolute atomic E-state index is 0.0511. The van der Waals surface area contributed by atoms with Crippen molar-refractivity contribution in [1.82, 2.24) is 5.32 Å². The van der Waals surface area contributed by atoms with Gasteiger partial charge in [-0.3, -0.25) is 13.8 Å². The third-order valence-electron chi connectivity index (χ3n) is 11.0. The largest absolute Gasteiger partial charge is 0.472 e. The van der Waals surface area contributed by atoms with Gasteiger partial charge in [0.05, 0.1) is 39.9 Å². The Labute approximate surface area is 406 Å². The summed E-state index contributed by atoms with van der Waals surface area (Å²) in [5.74, 6) is -0.196. The number of hydrogen-bond donors (Lipinski definition) is 3. The summed E-state index contributed by atoms with van der Waals surface area (Å²) in [4.78, 5) is 23.1. The van der Waals surface area contributed by atoms with Gasteiger partial charge in [-0.1, -0.05) is 207 Å². The van der Waals surface area contributed by atoms with Crippen LogP contribution in [0.3, 0.4) is 0 Å². The highest BCUT2D eigenvalue weighted by Gasteiger charge is 2.27. The first-order valence-corrected chi connectivity index (χ1v) is 27.8. The van der Waals surface area contributed by atoms with E-state index in [1.54, 1.807) is 6.08 Å². The van der Waals surface area contributed by atoms with Crippen molar-refractivity contribution in [2.75, 3.05) is 40.9 Å². The number of likely N-dealkylation sites (N-methyl/N-ethyl adjacent to an activating group) is 1. The molecule has 0 heterocycles. The highest BCUT2D eigenvalue weighted by atomic mass is 31.2. The number of quaternary nitrogens is 1. The second-order valence-electron chi connectivity index (χ2n) is 18.5. The van der Waals surface area contributed by atoms with Crippen LogP contribution in [0, 0.1) is 0 Å². The maximum absolute atomic E-state index is 12.9. The number of nitrogens with one attached hydrogen (secondary N) is 1. The molecule has 0 rings (SSSR count). The lowest BCUT2D eigenvalue weighted by atomic mass is 10.0. The van der Waals surface area contributed by atoms with E-state index in [-0.39, 0.29) is 19.1 Å². The molecule has 0 bridgehead atoms. The fourth-order valence-electron chi connectivity index (χ4n) is 6.86. The van der Waals surface area contributed by atoms with Crippen LogP contribution in [0.5, 0.6) is 0 Å². The van der Waals surface area contributed by atoms with Gasteiger partial charge in [0.2, 0.25) is 5.91 Å². The molecule has 0 aliphatic heterocycles. The predicted molar refractivity (Wildman–Crippen MR) is 285 cm³/mol. The first-order chi connectivity index (χ1) is 32.0. The monoisotopic (exact) mass is 940 g/mol. The molecule has 8 nitrogen and oxygen atoms in total. The van der Waals surface area contributed by atoms with Gasteiger partial charge in [0.1, 0.15) is 13.2 Å². The van der Waals surface area contributed by atoms with Crippen LogP contribution in [-0.4, -0.2) is 73.4 Å². The fraction of sp³-hybridized carbons (Fsp3) is 0.667. The van der Waals surface area contributed by atoms with E-state index in [9.17, 15) is 19.4 Å². The number of rotatable bonds is 46. The van der Waals surface area contributed by atoms with Crippen molar-refractivity contribution in [2.45, 2.75) is 206 Å². The van der Waals surface area contributed by atoms with Gasteiger partial charge in [-0.15, -0.1) is 0 Å². The molecule has 0 aliphatic carbocycles. The number of carbonyl (C=O) groups excluding carboxylic acids is 1. The SMILES string of the molecule is CC/C=C\C/C=C\C/C=C\C/C=C\C/C=C\C/C=C\C/C=C\CCCCCCCCCCCCCCCC(=O)NC(COP(=O)(O)OCC[N+](C)(C)C)C(O)/C=C/CC/C=C/CCCCC. The van der Waals surface area contributed by atoms with Gasteiger partial charge >= 0.3 is 7.82 Å². The first kappa shape index (κ1) is 63.2. The number of amides is 1. The Kier molecular flexibility index (Phi) is 45.2. The number of carbonyl (C=O) groups is 1. The summed E-state index contributed by atoms with van der Waals surface area (Å²) in [6, 6.07) is -0.868. The van der Waals surface area contributed by atoms with Crippen molar-refractivity contribution < 1.29 is 32.9 Å². The molecule has 0 aromatic rings. The third-order valence-corrected chi connectivity index (χ3v) is 12.0. The number of aliphatic hydroxyl groups is 1. The maximum Gasteiger partial charge on any atom is 0.472 e. The smallest absolute Gasteiger partial charge is 0.387 e. The number of allylic oxidation sites excluding steroid dienone is 17. The van der Waals surface area contributed by atoms with E-state index in [0.29, 0.717) is 17.4 Å². The Balaban J connectivity index is 4.04. The lowest BCUT2D eigenvalue weighted by Gasteiger charge is -2.25.